The highest BCUT2D eigenvalue weighted by molar-refractivity contribution is 7.73. The van der Waals surface area contributed by atoms with E-state index in [0.717, 1.165) is 13.1 Å². The average molecular weight is 285 g/mol. The maximum atomic E-state index is 2.52. The van der Waals surface area contributed by atoms with E-state index in [9.17, 15) is 0 Å². The lowest BCUT2D eigenvalue weighted by atomic mass is 10.4. The molecular formula is C18H24NP. The van der Waals surface area contributed by atoms with Crippen LogP contribution in [0.15, 0.2) is 60.7 Å². The third kappa shape index (κ3) is 4.16. The SMILES string of the molecule is CCN(CC)CCP(c1ccccc1)c1ccccc1. The molecule has 0 fully saturated rings. The molecule has 0 spiro atoms. The number of hydrogen-bond acceptors (Lipinski definition) is 1. The highest BCUT2D eigenvalue weighted by Gasteiger charge is 2.14. The maximum Gasteiger partial charge on any atom is 0.00265 e. The van der Waals surface area contributed by atoms with Crippen molar-refractivity contribution in [1.82, 2.24) is 4.90 Å². The highest BCUT2D eigenvalue weighted by Crippen LogP contribution is 2.33. The molecular weight excluding hydrogens is 261 g/mol. The van der Waals surface area contributed by atoms with E-state index in [1.54, 1.807) is 0 Å². The molecule has 0 N–H and O–H groups in total. The monoisotopic (exact) mass is 285 g/mol. The van der Waals surface area contributed by atoms with Gasteiger partial charge in [0, 0.05) is 6.54 Å². The first-order valence-corrected chi connectivity index (χ1v) is 8.97. The first-order valence-electron chi connectivity index (χ1n) is 7.45. The van der Waals surface area contributed by atoms with Gasteiger partial charge in [0.25, 0.3) is 0 Å². The zero-order valence-corrected chi connectivity index (χ0v) is 13.4. The third-order valence-corrected chi connectivity index (χ3v) is 6.16. The normalized spacial score (nSPS) is 11.2. The third-order valence-electron chi connectivity index (χ3n) is 3.67. The minimum absolute atomic E-state index is 0.236. The number of rotatable bonds is 7. The van der Waals surface area contributed by atoms with Crippen LogP contribution < -0.4 is 10.6 Å². The van der Waals surface area contributed by atoms with Crippen LogP contribution in [-0.4, -0.2) is 30.7 Å². The predicted molar refractivity (Wildman–Crippen MR) is 91.7 cm³/mol. The molecule has 0 aliphatic carbocycles. The Morgan fingerprint density at radius 2 is 1.20 bits per heavy atom. The minimum atomic E-state index is -0.236. The van der Waals surface area contributed by atoms with Crippen LogP contribution in [0.3, 0.4) is 0 Å². The molecule has 0 aliphatic rings. The lowest BCUT2D eigenvalue weighted by molar-refractivity contribution is 0.323. The Labute approximate surface area is 124 Å². The molecule has 2 aromatic rings. The molecule has 0 atom stereocenters. The summed E-state index contributed by atoms with van der Waals surface area (Å²) in [6, 6.07) is 22.0. The summed E-state index contributed by atoms with van der Waals surface area (Å²) in [5, 5.41) is 2.97. The second-order valence-corrected chi connectivity index (χ2v) is 7.19. The Hall–Kier alpha value is -1.17. The summed E-state index contributed by atoms with van der Waals surface area (Å²) in [7, 11) is -0.236. The van der Waals surface area contributed by atoms with Crippen molar-refractivity contribution in [2.75, 3.05) is 25.8 Å². The fraction of sp³-hybridized carbons (Fsp3) is 0.333. The lowest BCUT2D eigenvalue weighted by Crippen LogP contribution is -2.28. The van der Waals surface area contributed by atoms with Crippen LogP contribution in [0.4, 0.5) is 0 Å². The largest absolute Gasteiger partial charge is 0.304 e. The molecule has 2 heteroatoms. The quantitative estimate of drug-likeness (QED) is 0.704. The molecule has 0 radical (unpaired) electrons. The van der Waals surface area contributed by atoms with Gasteiger partial charge in [0.2, 0.25) is 0 Å². The van der Waals surface area contributed by atoms with Crippen molar-refractivity contribution in [1.29, 1.82) is 0 Å². The number of nitrogens with zero attached hydrogens (tertiary/aromatic N) is 1. The molecule has 0 saturated carbocycles. The summed E-state index contributed by atoms with van der Waals surface area (Å²) >= 11 is 0. The molecule has 1 nitrogen and oxygen atoms in total. The van der Waals surface area contributed by atoms with Crippen molar-refractivity contribution < 1.29 is 0 Å². The summed E-state index contributed by atoms with van der Waals surface area (Å²) in [4.78, 5) is 2.52. The van der Waals surface area contributed by atoms with Gasteiger partial charge in [-0.1, -0.05) is 74.5 Å². The van der Waals surface area contributed by atoms with Gasteiger partial charge < -0.3 is 4.90 Å². The summed E-state index contributed by atoms with van der Waals surface area (Å²) < 4.78 is 0. The molecule has 0 bridgehead atoms. The van der Waals surface area contributed by atoms with Crippen LogP contribution in [-0.2, 0) is 0 Å². The minimum Gasteiger partial charge on any atom is -0.304 e. The first kappa shape index (κ1) is 15.2. The van der Waals surface area contributed by atoms with Crippen LogP contribution in [0.25, 0.3) is 0 Å². The van der Waals surface area contributed by atoms with E-state index in [-0.39, 0.29) is 7.92 Å². The summed E-state index contributed by atoms with van der Waals surface area (Å²) in [5.41, 5.74) is 0. The van der Waals surface area contributed by atoms with Crippen LogP contribution in [0.1, 0.15) is 13.8 Å². The fourth-order valence-electron chi connectivity index (χ4n) is 2.40. The fourth-order valence-corrected chi connectivity index (χ4v) is 4.77. The van der Waals surface area contributed by atoms with E-state index in [4.69, 9.17) is 0 Å². The molecule has 0 aliphatic heterocycles. The smallest absolute Gasteiger partial charge is 0.00265 e. The van der Waals surface area contributed by atoms with Crippen molar-refractivity contribution in [3.63, 3.8) is 0 Å². The van der Waals surface area contributed by atoms with Crippen molar-refractivity contribution in [2.24, 2.45) is 0 Å². The van der Waals surface area contributed by atoms with Gasteiger partial charge in [0.15, 0.2) is 0 Å². The number of hydrogen-bond donors (Lipinski definition) is 0. The van der Waals surface area contributed by atoms with Crippen LogP contribution in [0.2, 0.25) is 0 Å². The topological polar surface area (TPSA) is 3.24 Å². The first-order chi connectivity index (χ1) is 9.85. The molecule has 0 aromatic heterocycles. The van der Waals surface area contributed by atoms with Crippen molar-refractivity contribution in [2.45, 2.75) is 13.8 Å². The average Bonchev–Trinajstić information content (AvgIpc) is 2.53. The molecule has 2 rings (SSSR count). The van der Waals surface area contributed by atoms with E-state index in [2.05, 4.69) is 79.4 Å². The summed E-state index contributed by atoms with van der Waals surface area (Å²) in [5.74, 6) is 0. The molecule has 0 heterocycles. The second-order valence-electron chi connectivity index (χ2n) is 4.85. The molecule has 20 heavy (non-hydrogen) atoms. The predicted octanol–water partition coefficient (Wildman–Crippen LogP) is 3.46. The van der Waals surface area contributed by atoms with Gasteiger partial charge in [-0.05, 0) is 37.8 Å². The molecule has 2 aromatic carbocycles. The molecule has 106 valence electrons. The zero-order valence-electron chi connectivity index (χ0n) is 12.5. The van der Waals surface area contributed by atoms with E-state index in [1.165, 1.54) is 23.3 Å². The Morgan fingerprint density at radius 1 is 0.750 bits per heavy atom. The Morgan fingerprint density at radius 3 is 1.60 bits per heavy atom. The van der Waals surface area contributed by atoms with Gasteiger partial charge in [-0.25, -0.2) is 0 Å². The lowest BCUT2D eigenvalue weighted by Gasteiger charge is -2.23. The summed E-state index contributed by atoms with van der Waals surface area (Å²) in [6.45, 7) is 7.96. The maximum absolute atomic E-state index is 2.52. The van der Waals surface area contributed by atoms with Crippen molar-refractivity contribution in [3.8, 4) is 0 Å². The van der Waals surface area contributed by atoms with Gasteiger partial charge in [-0.2, -0.15) is 0 Å². The van der Waals surface area contributed by atoms with Gasteiger partial charge in [0.05, 0.1) is 0 Å². The van der Waals surface area contributed by atoms with Gasteiger partial charge in [-0.3, -0.25) is 0 Å². The van der Waals surface area contributed by atoms with Gasteiger partial charge in [-0.15, -0.1) is 0 Å². The molecule has 0 unspecified atom stereocenters. The Balaban J connectivity index is 2.17. The second kappa shape index (κ2) is 8.19. The molecule has 0 saturated heterocycles. The molecule has 0 amide bonds. The van der Waals surface area contributed by atoms with E-state index in [1.807, 2.05) is 0 Å². The van der Waals surface area contributed by atoms with Gasteiger partial charge >= 0.3 is 0 Å². The zero-order chi connectivity index (χ0) is 14.2. The number of benzene rings is 2. The highest BCUT2D eigenvalue weighted by atomic mass is 31.1. The van der Waals surface area contributed by atoms with Crippen molar-refractivity contribution >= 4 is 18.5 Å². The van der Waals surface area contributed by atoms with Crippen LogP contribution in [0.5, 0.6) is 0 Å². The summed E-state index contributed by atoms with van der Waals surface area (Å²) in [6.07, 6.45) is 1.24. The standard InChI is InChI=1S/C18H24NP/c1-3-19(4-2)15-16-20(17-11-7-5-8-12-17)18-13-9-6-10-14-18/h5-14H,3-4,15-16H2,1-2H3. The van der Waals surface area contributed by atoms with E-state index >= 15 is 0 Å². The van der Waals surface area contributed by atoms with Crippen LogP contribution >= 0.6 is 7.92 Å². The Kier molecular flexibility index (Phi) is 6.24. The van der Waals surface area contributed by atoms with E-state index < -0.39 is 0 Å². The van der Waals surface area contributed by atoms with E-state index in [0.29, 0.717) is 0 Å². The van der Waals surface area contributed by atoms with Crippen molar-refractivity contribution in [3.05, 3.63) is 60.7 Å². The Bertz CT molecular complexity index is 440. The van der Waals surface area contributed by atoms with Crippen LogP contribution in [0, 0.1) is 0 Å². The van der Waals surface area contributed by atoms with Gasteiger partial charge in [0.1, 0.15) is 0 Å².